The van der Waals surface area contributed by atoms with Crippen LogP contribution in [0.25, 0.3) is 0 Å². The van der Waals surface area contributed by atoms with E-state index < -0.39 is 0 Å². The third kappa shape index (κ3) is 2.73. The quantitative estimate of drug-likeness (QED) is 0.830. The fourth-order valence-corrected chi connectivity index (χ4v) is 2.71. The van der Waals surface area contributed by atoms with Gasteiger partial charge in [0, 0.05) is 44.5 Å². The molecule has 0 aromatic carbocycles. The fourth-order valence-electron chi connectivity index (χ4n) is 2.51. The Morgan fingerprint density at radius 2 is 1.79 bits per heavy atom. The Labute approximate surface area is 121 Å². The minimum Gasteiger partial charge on any atom is -0.339 e. The Bertz CT molecular complexity index is 452. The number of nitrogens with zero attached hydrogens (tertiary/aromatic N) is 4. The SMILES string of the molecule is O=C(C1CCC1)N1CCN(c2ncc(Br)cn2)CC1. The molecule has 0 N–H and O–H groups in total. The van der Waals surface area contributed by atoms with E-state index in [2.05, 4.69) is 30.8 Å². The van der Waals surface area contributed by atoms with Gasteiger partial charge in [-0.2, -0.15) is 0 Å². The molecule has 0 radical (unpaired) electrons. The van der Waals surface area contributed by atoms with Crippen LogP contribution in [0.1, 0.15) is 19.3 Å². The Morgan fingerprint density at radius 1 is 1.16 bits per heavy atom. The molecule has 102 valence electrons. The van der Waals surface area contributed by atoms with E-state index in [9.17, 15) is 4.79 Å². The molecule has 3 rings (SSSR count). The largest absolute Gasteiger partial charge is 0.339 e. The summed E-state index contributed by atoms with van der Waals surface area (Å²) in [4.78, 5) is 24.9. The zero-order valence-electron chi connectivity index (χ0n) is 10.8. The van der Waals surface area contributed by atoms with Crippen molar-refractivity contribution in [2.24, 2.45) is 5.92 Å². The molecule has 1 aliphatic heterocycles. The molecule has 2 heterocycles. The normalized spacial score (nSPS) is 20.3. The summed E-state index contributed by atoms with van der Waals surface area (Å²) in [7, 11) is 0. The van der Waals surface area contributed by atoms with Crippen LogP contribution in [0.15, 0.2) is 16.9 Å². The maximum absolute atomic E-state index is 12.1. The van der Waals surface area contributed by atoms with E-state index in [4.69, 9.17) is 0 Å². The molecule has 0 bridgehead atoms. The maximum atomic E-state index is 12.1. The number of piperazine rings is 1. The number of hydrogen-bond acceptors (Lipinski definition) is 4. The van der Waals surface area contributed by atoms with Gasteiger partial charge in [0.25, 0.3) is 0 Å². The zero-order chi connectivity index (χ0) is 13.2. The van der Waals surface area contributed by atoms with Gasteiger partial charge in [-0.3, -0.25) is 4.79 Å². The smallest absolute Gasteiger partial charge is 0.225 e. The van der Waals surface area contributed by atoms with Gasteiger partial charge < -0.3 is 9.80 Å². The minimum atomic E-state index is 0.301. The van der Waals surface area contributed by atoms with Gasteiger partial charge in [0.05, 0.1) is 4.47 Å². The molecule has 1 saturated carbocycles. The molecule has 0 atom stereocenters. The van der Waals surface area contributed by atoms with Crippen LogP contribution in [-0.4, -0.2) is 47.0 Å². The average Bonchev–Trinajstić information content (AvgIpc) is 2.38. The van der Waals surface area contributed by atoms with Crippen molar-refractivity contribution >= 4 is 27.8 Å². The molecule has 0 spiro atoms. The van der Waals surface area contributed by atoms with Gasteiger partial charge in [-0.1, -0.05) is 6.42 Å². The average molecular weight is 325 g/mol. The topological polar surface area (TPSA) is 49.3 Å². The number of anilines is 1. The first-order chi connectivity index (χ1) is 9.24. The van der Waals surface area contributed by atoms with Crippen LogP contribution >= 0.6 is 15.9 Å². The summed E-state index contributed by atoms with van der Waals surface area (Å²) in [5.74, 6) is 1.40. The van der Waals surface area contributed by atoms with Crippen molar-refractivity contribution in [2.45, 2.75) is 19.3 Å². The molecule has 1 amide bonds. The van der Waals surface area contributed by atoms with E-state index in [-0.39, 0.29) is 0 Å². The van der Waals surface area contributed by atoms with Gasteiger partial charge in [0.2, 0.25) is 11.9 Å². The predicted octanol–water partition coefficient (Wildman–Crippen LogP) is 1.69. The first kappa shape index (κ1) is 12.8. The van der Waals surface area contributed by atoms with Crippen LogP contribution in [-0.2, 0) is 4.79 Å². The van der Waals surface area contributed by atoms with Crippen molar-refractivity contribution in [3.63, 3.8) is 0 Å². The second-order valence-electron chi connectivity index (χ2n) is 5.14. The maximum Gasteiger partial charge on any atom is 0.225 e. The highest BCUT2D eigenvalue weighted by Crippen LogP contribution is 2.28. The number of amides is 1. The van der Waals surface area contributed by atoms with Crippen molar-refractivity contribution < 1.29 is 4.79 Å². The van der Waals surface area contributed by atoms with Crippen molar-refractivity contribution in [1.82, 2.24) is 14.9 Å². The summed E-state index contributed by atoms with van der Waals surface area (Å²) >= 11 is 3.33. The Kier molecular flexibility index (Phi) is 3.68. The van der Waals surface area contributed by atoms with Gasteiger partial charge >= 0.3 is 0 Å². The standard InChI is InChI=1S/C13H17BrN4O/c14-11-8-15-13(16-9-11)18-6-4-17(5-7-18)12(19)10-2-1-3-10/h8-10H,1-7H2. The molecule has 2 fully saturated rings. The second kappa shape index (κ2) is 5.45. The number of hydrogen-bond donors (Lipinski definition) is 0. The number of halogens is 1. The lowest BCUT2D eigenvalue weighted by atomic mass is 9.84. The highest BCUT2D eigenvalue weighted by atomic mass is 79.9. The van der Waals surface area contributed by atoms with Gasteiger partial charge in [-0.05, 0) is 28.8 Å². The molecule has 5 nitrogen and oxygen atoms in total. The number of rotatable bonds is 2. The Hall–Kier alpha value is -1.17. The number of carbonyl (C=O) groups is 1. The first-order valence-corrected chi connectivity index (χ1v) is 7.54. The van der Waals surface area contributed by atoms with Gasteiger partial charge in [0.1, 0.15) is 0 Å². The summed E-state index contributed by atoms with van der Waals surface area (Å²) in [6.07, 6.45) is 6.88. The van der Waals surface area contributed by atoms with E-state index in [1.54, 1.807) is 12.4 Å². The lowest BCUT2D eigenvalue weighted by molar-refractivity contribution is -0.138. The highest BCUT2D eigenvalue weighted by Gasteiger charge is 2.31. The summed E-state index contributed by atoms with van der Waals surface area (Å²) in [5, 5.41) is 0. The van der Waals surface area contributed by atoms with Crippen LogP contribution in [0.4, 0.5) is 5.95 Å². The number of carbonyl (C=O) groups excluding carboxylic acids is 1. The lowest BCUT2D eigenvalue weighted by Gasteiger charge is -2.38. The molecular formula is C13H17BrN4O. The molecule has 1 aromatic rings. The second-order valence-corrected chi connectivity index (χ2v) is 6.06. The fraction of sp³-hybridized carbons (Fsp3) is 0.615. The Morgan fingerprint density at radius 3 is 2.32 bits per heavy atom. The molecule has 0 unspecified atom stereocenters. The number of aromatic nitrogens is 2. The van der Waals surface area contributed by atoms with Gasteiger partial charge in [0.15, 0.2) is 0 Å². The van der Waals surface area contributed by atoms with Crippen LogP contribution in [0.5, 0.6) is 0 Å². The van der Waals surface area contributed by atoms with Crippen molar-refractivity contribution in [3.8, 4) is 0 Å². The third-order valence-corrected chi connectivity index (χ3v) is 4.34. The summed E-state index contributed by atoms with van der Waals surface area (Å²) in [5.41, 5.74) is 0. The summed E-state index contributed by atoms with van der Waals surface area (Å²) < 4.78 is 0.884. The van der Waals surface area contributed by atoms with Crippen LogP contribution in [0.2, 0.25) is 0 Å². The van der Waals surface area contributed by atoms with E-state index in [1.807, 2.05) is 4.90 Å². The highest BCUT2D eigenvalue weighted by molar-refractivity contribution is 9.10. The van der Waals surface area contributed by atoms with Crippen LogP contribution in [0, 0.1) is 5.92 Å². The third-order valence-electron chi connectivity index (χ3n) is 3.94. The summed E-state index contributed by atoms with van der Waals surface area (Å²) in [6.45, 7) is 3.21. The van der Waals surface area contributed by atoms with E-state index in [0.29, 0.717) is 11.8 Å². The predicted molar refractivity (Wildman–Crippen MR) is 75.9 cm³/mol. The molecular weight excluding hydrogens is 308 g/mol. The zero-order valence-corrected chi connectivity index (χ0v) is 12.3. The molecule has 1 aliphatic carbocycles. The first-order valence-electron chi connectivity index (χ1n) is 6.75. The molecule has 2 aliphatic rings. The van der Waals surface area contributed by atoms with Crippen molar-refractivity contribution in [2.75, 3.05) is 31.1 Å². The molecule has 1 aromatic heterocycles. The van der Waals surface area contributed by atoms with Crippen molar-refractivity contribution in [1.29, 1.82) is 0 Å². The van der Waals surface area contributed by atoms with Crippen LogP contribution in [0.3, 0.4) is 0 Å². The van der Waals surface area contributed by atoms with E-state index in [0.717, 1.165) is 49.4 Å². The van der Waals surface area contributed by atoms with Gasteiger partial charge in [-0.15, -0.1) is 0 Å². The summed E-state index contributed by atoms with van der Waals surface area (Å²) in [6, 6.07) is 0. The van der Waals surface area contributed by atoms with E-state index >= 15 is 0 Å². The molecule has 19 heavy (non-hydrogen) atoms. The Balaban J connectivity index is 1.56. The van der Waals surface area contributed by atoms with E-state index in [1.165, 1.54) is 6.42 Å². The molecule has 1 saturated heterocycles. The van der Waals surface area contributed by atoms with Crippen molar-refractivity contribution in [3.05, 3.63) is 16.9 Å². The lowest BCUT2D eigenvalue weighted by Crippen LogP contribution is -2.51. The van der Waals surface area contributed by atoms with Gasteiger partial charge in [-0.25, -0.2) is 9.97 Å². The van der Waals surface area contributed by atoms with Crippen LogP contribution < -0.4 is 4.90 Å². The minimum absolute atomic E-state index is 0.301. The molecule has 6 heteroatoms. The monoisotopic (exact) mass is 324 g/mol.